The second kappa shape index (κ2) is 8.08. The van der Waals surface area contributed by atoms with Crippen LogP contribution in [0.1, 0.15) is 31.4 Å². The number of Topliss-reactive ketones (excluding diaryl/α,β-unsaturated/α-hetero) is 1. The van der Waals surface area contributed by atoms with Gasteiger partial charge in [0.1, 0.15) is 5.57 Å². The van der Waals surface area contributed by atoms with Crippen LogP contribution in [0.2, 0.25) is 0 Å². The Balaban J connectivity index is 2.74. The summed E-state index contributed by atoms with van der Waals surface area (Å²) >= 11 is 0. The predicted molar refractivity (Wildman–Crippen MR) is 90.8 cm³/mol. The summed E-state index contributed by atoms with van der Waals surface area (Å²) in [5, 5.41) is 0. The summed E-state index contributed by atoms with van der Waals surface area (Å²) in [5.74, 6) is -0.784. The molecule has 2 rings (SSSR count). The topological polar surface area (TPSA) is 43.4 Å². The van der Waals surface area contributed by atoms with Crippen molar-refractivity contribution >= 4 is 17.3 Å². The molecule has 0 aromatic heterocycles. The Hall–Kier alpha value is -2.68. The Morgan fingerprint density at radius 1 is 0.826 bits per heavy atom. The van der Waals surface area contributed by atoms with E-state index in [1.54, 1.807) is 13.8 Å². The number of ether oxygens (including phenoxy) is 1. The Bertz CT molecular complexity index is 659. The molecule has 0 amide bonds. The smallest absolute Gasteiger partial charge is 0.342 e. The summed E-state index contributed by atoms with van der Waals surface area (Å²) in [4.78, 5) is 24.9. The van der Waals surface area contributed by atoms with E-state index in [4.69, 9.17) is 4.74 Å². The Morgan fingerprint density at radius 2 is 1.30 bits per heavy atom. The van der Waals surface area contributed by atoms with Gasteiger partial charge in [0, 0.05) is 12.0 Å². The molecule has 0 aliphatic heterocycles. The second-order valence-corrected chi connectivity index (χ2v) is 4.98. The highest BCUT2D eigenvalue weighted by atomic mass is 16.5. The van der Waals surface area contributed by atoms with Crippen molar-refractivity contribution in [2.24, 2.45) is 0 Å². The van der Waals surface area contributed by atoms with E-state index in [-0.39, 0.29) is 24.4 Å². The molecule has 3 heteroatoms. The third-order valence-corrected chi connectivity index (χ3v) is 3.45. The van der Waals surface area contributed by atoms with Crippen LogP contribution >= 0.6 is 0 Å². The zero-order valence-electron chi connectivity index (χ0n) is 13.4. The van der Waals surface area contributed by atoms with Crippen LogP contribution in [0.3, 0.4) is 0 Å². The maximum atomic E-state index is 12.5. The maximum absolute atomic E-state index is 12.5. The molecule has 0 radical (unpaired) electrons. The first-order chi connectivity index (χ1) is 11.2. The van der Waals surface area contributed by atoms with Crippen molar-refractivity contribution in [2.45, 2.75) is 20.3 Å². The second-order valence-electron chi connectivity index (χ2n) is 4.98. The molecule has 0 bridgehead atoms. The van der Waals surface area contributed by atoms with Gasteiger partial charge in [0.2, 0.25) is 0 Å². The third kappa shape index (κ3) is 3.95. The van der Waals surface area contributed by atoms with E-state index in [1.807, 2.05) is 60.7 Å². The van der Waals surface area contributed by atoms with Crippen molar-refractivity contribution in [3.8, 4) is 0 Å². The van der Waals surface area contributed by atoms with Gasteiger partial charge in [0.15, 0.2) is 5.78 Å². The van der Waals surface area contributed by atoms with Crippen molar-refractivity contribution in [1.29, 1.82) is 0 Å². The number of carbonyl (C=O) groups excluding carboxylic acids is 2. The number of ketones is 1. The van der Waals surface area contributed by atoms with Crippen molar-refractivity contribution in [1.82, 2.24) is 0 Å². The van der Waals surface area contributed by atoms with E-state index >= 15 is 0 Å². The van der Waals surface area contributed by atoms with Crippen molar-refractivity contribution < 1.29 is 14.3 Å². The molecule has 0 unspecified atom stereocenters. The molecule has 2 aromatic carbocycles. The first-order valence-electron chi connectivity index (χ1n) is 7.74. The molecule has 23 heavy (non-hydrogen) atoms. The van der Waals surface area contributed by atoms with Gasteiger partial charge in [-0.2, -0.15) is 0 Å². The number of carbonyl (C=O) groups is 2. The molecule has 0 spiro atoms. The van der Waals surface area contributed by atoms with Gasteiger partial charge in [0.05, 0.1) is 6.61 Å². The number of hydrogen-bond acceptors (Lipinski definition) is 3. The lowest BCUT2D eigenvalue weighted by Crippen LogP contribution is -2.18. The fourth-order valence-corrected chi connectivity index (χ4v) is 2.40. The molecule has 0 aliphatic carbocycles. The van der Waals surface area contributed by atoms with Gasteiger partial charge in [-0.3, -0.25) is 4.79 Å². The van der Waals surface area contributed by atoms with E-state index in [1.165, 1.54) is 0 Å². The van der Waals surface area contributed by atoms with Crippen LogP contribution in [0.15, 0.2) is 66.2 Å². The summed E-state index contributed by atoms with van der Waals surface area (Å²) in [6.07, 6.45) is 0.247. The minimum atomic E-state index is -0.568. The highest BCUT2D eigenvalue weighted by molar-refractivity contribution is 6.24. The SMILES string of the molecule is CCOC(=O)C(C(=O)CC)=C(c1ccccc1)c1ccccc1. The monoisotopic (exact) mass is 308 g/mol. The summed E-state index contributed by atoms with van der Waals surface area (Å²) in [5.41, 5.74) is 2.38. The lowest BCUT2D eigenvalue weighted by Gasteiger charge is -2.14. The van der Waals surface area contributed by atoms with Crippen LogP contribution in [0, 0.1) is 0 Å². The van der Waals surface area contributed by atoms with Crippen molar-refractivity contribution in [3.05, 3.63) is 77.4 Å². The molecule has 118 valence electrons. The lowest BCUT2D eigenvalue weighted by atomic mass is 9.90. The largest absolute Gasteiger partial charge is 0.462 e. The van der Waals surface area contributed by atoms with Crippen LogP contribution in [0.4, 0.5) is 0 Å². The molecule has 2 aromatic rings. The molecule has 3 nitrogen and oxygen atoms in total. The molecule has 0 N–H and O–H groups in total. The van der Waals surface area contributed by atoms with Crippen LogP contribution in [0.25, 0.3) is 5.57 Å². The van der Waals surface area contributed by atoms with Crippen molar-refractivity contribution in [2.75, 3.05) is 6.61 Å². The van der Waals surface area contributed by atoms with Crippen LogP contribution < -0.4 is 0 Å². The number of esters is 1. The molecule has 0 saturated heterocycles. The molecular formula is C20H20O3. The average Bonchev–Trinajstić information content (AvgIpc) is 2.60. The summed E-state index contributed by atoms with van der Waals surface area (Å²) in [7, 11) is 0. The zero-order chi connectivity index (χ0) is 16.7. The highest BCUT2D eigenvalue weighted by Crippen LogP contribution is 2.28. The van der Waals surface area contributed by atoms with Gasteiger partial charge in [-0.15, -0.1) is 0 Å². The highest BCUT2D eigenvalue weighted by Gasteiger charge is 2.24. The number of rotatable bonds is 6. The minimum absolute atomic E-state index is 0.117. The number of hydrogen-bond donors (Lipinski definition) is 0. The molecule has 0 saturated carbocycles. The molecule has 0 heterocycles. The van der Waals surface area contributed by atoms with Crippen LogP contribution in [-0.4, -0.2) is 18.4 Å². The van der Waals surface area contributed by atoms with E-state index in [0.717, 1.165) is 11.1 Å². The van der Waals surface area contributed by atoms with Gasteiger partial charge in [-0.1, -0.05) is 67.6 Å². The molecular weight excluding hydrogens is 288 g/mol. The Morgan fingerprint density at radius 3 is 1.70 bits per heavy atom. The maximum Gasteiger partial charge on any atom is 0.342 e. The summed E-state index contributed by atoms with van der Waals surface area (Å²) in [6.45, 7) is 3.71. The van der Waals surface area contributed by atoms with Gasteiger partial charge < -0.3 is 4.74 Å². The Kier molecular flexibility index (Phi) is 5.87. The minimum Gasteiger partial charge on any atom is -0.462 e. The van der Waals surface area contributed by atoms with E-state index in [2.05, 4.69) is 0 Å². The summed E-state index contributed by atoms with van der Waals surface area (Å²) in [6, 6.07) is 18.9. The first-order valence-corrected chi connectivity index (χ1v) is 7.74. The quantitative estimate of drug-likeness (QED) is 0.350. The molecule has 0 aliphatic rings. The molecule has 0 fully saturated rings. The Labute approximate surface area is 136 Å². The normalized spacial score (nSPS) is 10.0. The zero-order valence-corrected chi connectivity index (χ0v) is 13.4. The van der Waals surface area contributed by atoms with E-state index in [9.17, 15) is 9.59 Å². The standard InChI is InChI=1S/C20H20O3/c1-3-17(21)19(20(22)23-4-2)18(15-11-7-5-8-12-15)16-13-9-6-10-14-16/h5-14H,3-4H2,1-2H3. The van der Waals surface area contributed by atoms with E-state index < -0.39 is 5.97 Å². The summed E-state index contributed by atoms with van der Waals surface area (Å²) < 4.78 is 5.13. The predicted octanol–water partition coefficient (Wildman–Crippen LogP) is 4.03. The average molecular weight is 308 g/mol. The van der Waals surface area contributed by atoms with Gasteiger partial charge in [-0.25, -0.2) is 4.79 Å². The third-order valence-electron chi connectivity index (χ3n) is 3.45. The fraction of sp³-hybridized carbons (Fsp3) is 0.200. The van der Waals surface area contributed by atoms with Crippen molar-refractivity contribution in [3.63, 3.8) is 0 Å². The van der Waals surface area contributed by atoms with Gasteiger partial charge >= 0.3 is 5.97 Å². The van der Waals surface area contributed by atoms with Crippen LogP contribution in [-0.2, 0) is 14.3 Å². The molecule has 0 atom stereocenters. The van der Waals surface area contributed by atoms with E-state index in [0.29, 0.717) is 5.57 Å². The fourth-order valence-electron chi connectivity index (χ4n) is 2.40. The van der Waals surface area contributed by atoms with Gasteiger partial charge in [0.25, 0.3) is 0 Å². The number of benzene rings is 2. The lowest BCUT2D eigenvalue weighted by molar-refractivity contribution is -0.139. The first kappa shape index (κ1) is 16.7. The van der Waals surface area contributed by atoms with Gasteiger partial charge in [-0.05, 0) is 18.1 Å². The van der Waals surface area contributed by atoms with Crippen LogP contribution in [0.5, 0.6) is 0 Å².